The Hall–Kier alpha value is 0.420. The molecule has 84 valence electrons. The van der Waals surface area contributed by atoms with Crippen molar-refractivity contribution in [1.82, 2.24) is 0 Å². The highest BCUT2D eigenvalue weighted by atomic mass is 32.2. The van der Waals surface area contributed by atoms with Crippen molar-refractivity contribution in [3.8, 4) is 0 Å². The van der Waals surface area contributed by atoms with Gasteiger partial charge in [-0.1, -0.05) is 0 Å². The molecule has 0 spiro atoms. The number of hydrogen-bond acceptors (Lipinski definition) is 4. The van der Waals surface area contributed by atoms with Gasteiger partial charge in [0.1, 0.15) is 11.4 Å². The molecule has 1 rings (SSSR count). The third kappa shape index (κ3) is 3.22. The van der Waals surface area contributed by atoms with Crippen molar-refractivity contribution >= 4 is 22.6 Å². The topological polar surface area (TPSA) is 35.5 Å². The van der Waals surface area contributed by atoms with Gasteiger partial charge in [0.25, 0.3) is 0 Å². The first kappa shape index (κ1) is 12.5. The van der Waals surface area contributed by atoms with Gasteiger partial charge in [0.2, 0.25) is 0 Å². The smallest absolute Gasteiger partial charge is 0.147 e. The van der Waals surface area contributed by atoms with Crippen LogP contribution in [0.2, 0.25) is 0 Å². The first-order chi connectivity index (χ1) is 6.58. The molecule has 0 aromatic rings. The van der Waals surface area contributed by atoms with Crippen LogP contribution in [0.4, 0.5) is 0 Å². The van der Waals surface area contributed by atoms with Crippen molar-refractivity contribution in [2.45, 2.75) is 30.5 Å². The standard InChI is InChI=1S/C9H18O3S2/c1-9(2,12-7-11-3)8-13-5-4-6-14(8)10/h8H,4-7H2,1-3H3/t8-,14-/m0/s1. The van der Waals surface area contributed by atoms with Gasteiger partial charge in [0.05, 0.1) is 5.60 Å². The van der Waals surface area contributed by atoms with Gasteiger partial charge in [0, 0.05) is 23.7 Å². The second kappa shape index (κ2) is 5.49. The summed E-state index contributed by atoms with van der Waals surface area (Å²) < 4.78 is 22.3. The predicted octanol–water partition coefficient (Wildman–Crippen LogP) is 1.60. The highest BCUT2D eigenvalue weighted by molar-refractivity contribution is 8.12. The molecule has 0 aliphatic carbocycles. The van der Waals surface area contributed by atoms with Crippen LogP contribution in [0, 0.1) is 0 Å². The molecule has 1 heterocycles. The van der Waals surface area contributed by atoms with E-state index in [9.17, 15) is 4.21 Å². The zero-order valence-electron chi connectivity index (χ0n) is 8.95. The Morgan fingerprint density at radius 1 is 1.57 bits per heavy atom. The van der Waals surface area contributed by atoms with E-state index < -0.39 is 10.8 Å². The third-order valence-electron chi connectivity index (χ3n) is 2.11. The van der Waals surface area contributed by atoms with Gasteiger partial charge in [-0.15, -0.1) is 11.8 Å². The number of hydrogen-bond donors (Lipinski definition) is 0. The van der Waals surface area contributed by atoms with Gasteiger partial charge in [-0.2, -0.15) is 0 Å². The SMILES string of the molecule is COCOC(C)(C)[C@H]1SCCC[S@@]1=O. The Kier molecular flexibility index (Phi) is 4.90. The van der Waals surface area contributed by atoms with E-state index in [0.29, 0.717) is 0 Å². The molecule has 0 N–H and O–H groups in total. The van der Waals surface area contributed by atoms with E-state index in [2.05, 4.69) is 0 Å². The van der Waals surface area contributed by atoms with Crippen LogP contribution in [0.15, 0.2) is 0 Å². The molecular weight excluding hydrogens is 220 g/mol. The third-order valence-corrected chi connectivity index (χ3v) is 6.30. The molecule has 0 saturated carbocycles. The molecule has 0 radical (unpaired) electrons. The summed E-state index contributed by atoms with van der Waals surface area (Å²) in [5.41, 5.74) is -0.369. The lowest BCUT2D eigenvalue weighted by atomic mass is 10.2. The molecule has 3 nitrogen and oxygen atoms in total. The zero-order chi connectivity index (χ0) is 10.6. The molecule has 0 unspecified atom stereocenters. The molecule has 1 saturated heterocycles. The quantitative estimate of drug-likeness (QED) is 0.697. The minimum atomic E-state index is -0.768. The molecule has 1 fully saturated rings. The lowest BCUT2D eigenvalue weighted by Gasteiger charge is -2.35. The van der Waals surface area contributed by atoms with E-state index in [1.54, 1.807) is 18.9 Å². The minimum absolute atomic E-state index is 0.0754. The van der Waals surface area contributed by atoms with Crippen LogP contribution in [0.25, 0.3) is 0 Å². The maximum atomic E-state index is 11.8. The lowest BCUT2D eigenvalue weighted by Crippen LogP contribution is -2.43. The van der Waals surface area contributed by atoms with E-state index in [1.165, 1.54) is 0 Å². The molecule has 1 aliphatic heterocycles. The molecule has 0 aromatic carbocycles. The van der Waals surface area contributed by atoms with Crippen molar-refractivity contribution in [1.29, 1.82) is 0 Å². The number of thioether (sulfide) groups is 1. The Labute approximate surface area is 92.4 Å². The highest BCUT2D eigenvalue weighted by Gasteiger charge is 2.37. The van der Waals surface area contributed by atoms with Crippen molar-refractivity contribution < 1.29 is 13.7 Å². The fourth-order valence-electron chi connectivity index (χ4n) is 1.37. The molecule has 0 aromatic heterocycles. The summed E-state index contributed by atoms with van der Waals surface area (Å²) in [5, 5.41) is 0. The second-order valence-corrected chi connectivity index (χ2v) is 6.95. The van der Waals surface area contributed by atoms with E-state index in [4.69, 9.17) is 9.47 Å². The first-order valence-electron chi connectivity index (χ1n) is 4.69. The summed E-state index contributed by atoms with van der Waals surface area (Å²) in [6, 6.07) is 0. The fourth-order valence-corrected chi connectivity index (χ4v) is 5.08. The highest BCUT2D eigenvalue weighted by Crippen LogP contribution is 2.33. The van der Waals surface area contributed by atoms with Crippen LogP contribution in [-0.2, 0) is 20.3 Å². The van der Waals surface area contributed by atoms with Gasteiger partial charge in [0.15, 0.2) is 0 Å². The normalized spacial score (nSPS) is 29.1. The van der Waals surface area contributed by atoms with E-state index in [-0.39, 0.29) is 17.0 Å². The van der Waals surface area contributed by atoms with Crippen molar-refractivity contribution in [3.63, 3.8) is 0 Å². The van der Waals surface area contributed by atoms with Gasteiger partial charge in [-0.3, -0.25) is 4.21 Å². The van der Waals surface area contributed by atoms with Crippen LogP contribution in [0.5, 0.6) is 0 Å². The van der Waals surface area contributed by atoms with Crippen molar-refractivity contribution in [2.24, 2.45) is 0 Å². The zero-order valence-corrected chi connectivity index (χ0v) is 10.6. The van der Waals surface area contributed by atoms with E-state index >= 15 is 0 Å². The lowest BCUT2D eigenvalue weighted by molar-refractivity contribution is -0.106. The average molecular weight is 238 g/mol. The van der Waals surface area contributed by atoms with Crippen molar-refractivity contribution in [3.05, 3.63) is 0 Å². The van der Waals surface area contributed by atoms with Gasteiger partial charge >= 0.3 is 0 Å². The Balaban J connectivity index is 2.54. The summed E-state index contributed by atoms with van der Waals surface area (Å²) in [6.45, 7) is 4.22. The summed E-state index contributed by atoms with van der Waals surface area (Å²) in [7, 11) is 0.830. The first-order valence-corrected chi connectivity index (χ1v) is 7.12. The van der Waals surface area contributed by atoms with Crippen LogP contribution in [0.1, 0.15) is 20.3 Å². The van der Waals surface area contributed by atoms with Crippen LogP contribution in [-0.4, -0.2) is 39.8 Å². The molecule has 1 aliphatic rings. The van der Waals surface area contributed by atoms with E-state index in [1.807, 2.05) is 13.8 Å². The summed E-state index contributed by atoms with van der Waals surface area (Å²) in [6.07, 6.45) is 1.05. The predicted molar refractivity (Wildman–Crippen MR) is 60.9 cm³/mol. The summed E-state index contributed by atoms with van der Waals surface area (Å²) >= 11 is 1.75. The summed E-state index contributed by atoms with van der Waals surface area (Å²) in [4.78, 5) is 0. The Morgan fingerprint density at radius 3 is 2.86 bits per heavy atom. The van der Waals surface area contributed by atoms with Crippen molar-refractivity contribution in [2.75, 3.05) is 25.4 Å². The summed E-state index contributed by atoms with van der Waals surface area (Å²) in [5.74, 6) is 1.88. The monoisotopic (exact) mass is 238 g/mol. The van der Waals surface area contributed by atoms with Gasteiger partial charge in [-0.25, -0.2) is 0 Å². The number of methoxy groups -OCH3 is 1. The number of ether oxygens (including phenoxy) is 2. The second-order valence-electron chi connectivity index (χ2n) is 3.80. The van der Waals surface area contributed by atoms with Crippen LogP contribution >= 0.6 is 11.8 Å². The minimum Gasteiger partial charge on any atom is -0.359 e. The molecular formula is C9H18O3S2. The Bertz CT molecular complexity index is 206. The molecule has 2 atom stereocenters. The van der Waals surface area contributed by atoms with E-state index in [0.717, 1.165) is 17.9 Å². The van der Waals surface area contributed by atoms with Crippen LogP contribution in [0.3, 0.4) is 0 Å². The maximum Gasteiger partial charge on any atom is 0.147 e. The Morgan fingerprint density at radius 2 is 2.29 bits per heavy atom. The largest absolute Gasteiger partial charge is 0.359 e. The fraction of sp³-hybridized carbons (Fsp3) is 1.00. The van der Waals surface area contributed by atoms with Crippen LogP contribution < -0.4 is 0 Å². The maximum absolute atomic E-state index is 11.8. The molecule has 14 heavy (non-hydrogen) atoms. The molecule has 5 heteroatoms. The van der Waals surface area contributed by atoms with Gasteiger partial charge in [-0.05, 0) is 26.0 Å². The molecule has 0 amide bonds. The van der Waals surface area contributed by atoms with Gasteiger partial charge < -0.3 is 9.47 Å². The molecule has 0 bridgehead atoms. The average Bonchev–Trinajstić information content (AvgIpc) is 2.15. The number of rotatable bonds is 4.